The molecule has 3 nitrogen and oxygen atoms in total. The average Bonchev–Trinajstić information content (AvgIpc) is 2.04. The van der Waals surface area contributed by atoms with Gasteiger partial charge in [-0.1, -0.05) is 20.3 Å². The summed E-state index contributed by atoms with van der Waals surface area (Å²) in [5.74, 6) is -0.866. The first-order valence-electron chi connectivity index (χ1n) is 4.87. The van der Waals surface area contributed by atoms with Crippen molar-refractivity contribution in [2.75, 3.05) is 0 Å². The molecule has 0 aliphatic heterocycles. The minimum absolute atomic E-state index is 0.00708. The van der Waals surface area contributed by atoms with E-state index >= 15 is 0 Å². The molecule has 0 saturated carbocycles. The predicted octanol–water partition coefficient (Wildman–Crippen LogP) is 2.44. The number of carboxylic acids is 1. The van der Waals surface area contributed by atoms with Crippen molar-refractivity contribution < 1.29 is 14.6 Å². The summed E-state index contributed by atoms with van der Waals surface area (Å²) in [7, 11) is 0. The lowest BCUT2D eigenvalue weighted by atomic mass is 10.0. The lowest BCUT2D eigenvalue weighted by molar-refractivity contribution is -0.171. The van der Waals surface area contributed by atoms with Gasteiger partial charge in [-0.15, -0.1) is 0 Å². The van der Waals surface area contributed by atoms with Crippen molar-refractivity contribution in [3.05, 3.63) is 0 Å². The van der Waals surface area contributed by atoms with Crippen LogP contribution in [0.15, 0.2) is 0 Å². The summed E-state index contributed by atoms with van der Waals surface area (Å²) < 4.78 is 5.49. The van der Waals surface area contributed by atoms with Crippen molar-refractivity contribution in [3.8, 4) is 0 Å². The van der Waals surface area contributed by atoms with Crippen molar-refractivity contribution in [1.82, 2.24) is 0 Å². The third-order valence-electron chi connectivity index (χ3n) is 2.22. The molecule has 0 fully saturated rings. The smallest absolute Gasteiger partial charge is 0.335 e. The molecule has 2 atom stereocenters. The Morgan fingerprint density at radius 1 is 1.54 bits per heavy atom. The Labute approximate surface area is 80.1 Å². The van der Waals surface area contributed by atoms with Crippen LogP contribution in [0.5, 0.6) is 0 Å². The Morgan fingerprint density at radius 3 is 2.38 bits per heavy atom. The second kappa shape index (κ2) is 5.22. The summed E-state index contributed by atoms with van der Waals surface area (Å²) in [5.41, 5.74) is -1.01. The van der Waals surface area contributed by atoms with E-state index in [1.807, 2.05) is 20.8 Å². The highest BCUT2D eigenvalue weighted by Crippen LogP contribution is 2.21. The maximum absolute atomic E-state index is 10.9. The third-order valence-corrected chi connectivity index (χ3v) is 2.22. The number of hydrogen-bond donors (Lipinski definition) is 1. The minimum atomic E-state index is -1.01. The summed E-state index contributed by atoms with van der Waals surface area (Å²) in [5, 5.41) is 8.98. The van der Waals surface area contributed by atoms with Crippen LogP contribution in [0.1, 0.15) is 47.0 Å². The highest BCUT2D eigenvalue weighted by atomic mass is 16.5. The van der Waals surface area contributed by atoms with Crippen molar-refractivity contribution in [3.63, 3.8) is 0 Å². The highest BCUT2D eigenvalue weighted by molar-refractivity contribution is 5.76. The van der Waals surface area contributed by atoms with Gasteiger partial charge in [0.2, 0.25) is 0 Å². The van der Waals surface area contributed by atoms with Gasteiger partial charge in [-0.25, -0.2) is 4.79 Å². The van der Waals surface area contributed by atoms with E-state index in [-0.39, 0.29) is 6.10 Å². The summed E-state index contributed by atoms with van der Waals surface area (Å²) in [6.07, 6.45) is 2.23. The first-order valence-corrected chi connectivity index (χ1v) is 4.87. The number of rotatable bonds is 6. The molecule has 1 N–H and O–H groups in total. The first-order chi connectivity index (χ1) is 5.96. The molecule has 0 aromatic heterocycles. The Kier molecular flexibility index (Phi) is 4.99. The molecule has 78 valence electrons. The molecule has 0 bridgehead atoms. The van der Waals surface area contributed by atoms with E-state index < -0.39 is 11.6 Å². The highest BCUT2D eigenvalue weighted by Gasteiger charge is 2.34. The van der Waals surface area contributed by atoms with E-state index in [1.165, 1.54) is 0 Å². The molecule has 13 heavy (non-hydrogen) atoms. The van der Waals surface area contributed by atoms with E-state index in [9.17, 15) is 4.79 Å². The number of carboxylic acid groups (broad SMARTS) is 1. The van der Waals surface area contributed by atoms with Gasteiger partial charge in [0.25, 0.3) is 0 Å². The minimum Gasteiger partial charge on any atom is -0.479 e. The van der Waals surface area contributed by atoms with Gasteiger partial charge in [0.05, 0.1) is 6.10 Å². The molecule has 0 amide bonds. The molecule has 0 aliphatic carbocycles. The van der Waals surface area contributed by atoms with Crippen LogP contribution in [0.4, 0.5) is 0 Å². The van der Waals surface area contributed by atoms with Gasteiger partial charge in [-0.05, 0) is 26.7 Å². The van der Waals surface area contributed by atoms with Crippen molar-refractivity contribution >= 4 is 5.97 Å². The normalized spacial score (nSPS) is 17.8. The maximum atomic E-state index is 10.9. The molecule has 0 heterocycles. The molecule has 0 spiro atoms. The Morgan fingerprint density at radius 2 is 2.08 bits per heavy atom. The number of aliphatic carboxylic acids is 1. The Balaban J connectivity index is 4.32. The van der Waals surface area contributed by atoms with Gasteiger partial charge < -0.3 is 9.84 Å². The molecule has 0 aliphatic rings. The van der Waals surface area contributed by atoms with E-state index in [0.717, 1.165) is 12.8 Å². The topological polar surface area (TPSA) is 46.5 Å². The Bertz CT molecular complexity index is 168. The molecule has 2 unspecified atom stereocenters. The molecule has 3 heteroatoms. The van der Waals surface area contributed by atoms with Gasteiger partial charge in [0.15, 0.2) is 5.60 Å². The van der Waals surface area contributed by atoms with Crippen LogP contribution in [0.2, 0.25) is 0 Å². The van der Waals surface area contributed by atoms with Crippen LogP contribution in [-0.4, -0.2) is 22.8 Å². The quantitative estimate of drug-likeness (QED) is 0.696. The molecule has 0 aromatic rings. The van der Waals surface area contributed by atoms with E-state index in [0.29, 0.717) is 6.42 Å². The van der Waals surface area contributed by atoms with Gasteiger partial charge >= 0.3 is 5.97 Å². The van der Waals surface area contributed by atoms with Gasteiger partial charge in [0, 0.05) is 0 Å². The Hall–Kier alpha value is -0.570. The molecular weight excluding hydrogens is 168 g/mol. The number of hydrogen-bond acceptors (Lipinski definition) is 2. The monoisotopic (exact) mass is 188 g/mol. The molecule has 0 rings (SSSR count). The fraction of sp³-hybridized carbons (Fsp3) is 0.900. The zero-order valence-corrected chi connectivity index (χ0v) is 8.96. The fourth-order valence-electron chi connectivity index (χ4n) is 1.22. The van der Waals surface area contributed by atoms with Crippen LogP contribution >= 0.6 is 0 Å². The second-order valence-electron chi connectivity index (χ2n) is 3.62. The average molecular weight is 188 g/mol. The summed E-state index contributed by atoms with van der Waals surface area (Å²) in [4.78, 5) is 10.9. The van der Waals surface area contributed by atoms with E-state index in [1.54, 1.807) is 6.92 Å². The SMILES string of the molecule is CCCC(C)(OC(C)CC)C(=O)O. The van der Waals surface area contributed by atoms with Gasteiger partial charge in [-0.3, -0.25) is 0 Å². The zero-order chi connectivity index (χ0) is 10.5. The van der Waals surface area contributed by atoms with Crippen LogP contribution in [0.25, 0.3) is 0 Å². The van der Waals surface area contributed by atoms with Crippen molar-refractivity contribution in [2.24, 2.45) is 0 Å². The number of carbonyl (C=O) groups is 1. The van der Waals surface area contributed by atoms with Crippen LogP contribution in [-0.2, 0) is 9.53 Å². The summed E-state index contributed by atoms with van der Waals surface area (Å²) >= 11 is 0. The van der Waals surface area contributed by atoms with Crippen LogP contribution in [0.3, 0.4) is 0 Å². The van der Waals surface area contributed by atoms with E-state index in [2.05, 4.69) is 0 Å². The molecule has 0 aromatic carbocycles. The molecular formula is C10H20O3. The lowest BCUT2D eigenvalue weighted by Crippen LogP contribution is -2.40. The van der Waals surface area contributed by atoms with Crippen molar-refractivity contribution in [1.29, 1.82) is 0 Å². The molecule has 0 radical (unpaired) electrons. The first kappa shape index (κ1) is 12.4. The maximum Gasteiger partial charge on any atom is 0.335 e. The lowest BCUT2D eigenvalue weighted by Gasteiger charge is -2.28. The van der Waals surface area contributed by atoms with Gasteiger partial charge in [-0.2, -0.15) is 0 Å². The van der Waals surface area contributed by atoms with Crippen LogP contribution < -0.4 is 0 Å². The fourth-order valence-corrected chi connectivity index (χ4v) is 1.22. The number of ether oxygens (including phenoxy) is 1. The third kappa shape index (κ3) is 3.77. The predicted molar refractivity (Wildman–Crippen MR) is 51.8 cm³/mol. The standard InChI is InChI=1S/C10H20O3/c1-5-7-10(4,9(11)12)13-8(3)6-2/h8H,5-7H2,1-4H3,(H,11,12). The zero-order valence-electron chi connectivity index (χ0n) is 8.96. The summed E-state index contributed by atoms with van der Waals surface area (Å²) in [6.45, 7) is 7.49. The molecule has 0 saturated heterocycles. The largest absolute Gasteiger partial charge is 0.479 e. The summed E-state index contributed by atoms with van der Waals surface area (Å²) in [6, 6.07) is 0. The van der Waals surface area contributed by atoms with Crippen molar-refractivity contribution in [2.45, 2.75) is 58.7 Å². The van der Waals surface area contributed by atoms with E-state index in [4.69, 9.17) is 9.84 Å². The van der Waals surface area contributed by atoms with Crippen LogP contribution in [0, 0.1) is 0 Å². The second-order valence-corrected chi connectivity index (χ2v) is 3.62. The van der Waals surface area contributed by atoms with Gasteiger partial charge in [0.1, 0.15) is 0 Å².